The van der Waals surface area contributed by atoms with Crippen molar-refractivity contribution in [1.29, 1.82) is 0 Å². The molecule has 0 bridgehead atoms. The topological polar surface area (TPSA) is 55.6 Å². The van der Waals surface area contributed by atoms with Crippen molar-refractivity contribution in [3.63, 3.8) is 0 Å². The van der Waals surface area contributed by atoms with E-state index >= 15 is 0 Å². The van der Waals surface area contributed by atoms with Crippen LogP contribution in [-0.2, 0) is 4.79 Å². The Balaban J connectivity index is 2.30. The molecule has 1 fully saturated rings. The molecular formula is C12H15IN2O2. The quantitative estimate of drug-likeness (QED) is 0.847. The first-order valence-corrected chi connectivity index (χ1v) is 6.57. The Hall–Kier alpha value is -0.820. The van der Waals surface area contributed by atoms with E-state index in [2.05, 4.69) is 22.6 Å². The Bertz CT molecular complexity index is 437. The summed E-state index contributed by atoms with van der Waals surface area (Å²) in [6, 6.07) is 5.75. The van der Waals surface area contributed by atoms with Crippen molar-refractivity contribution in [2.75, 3.05) is 25.1 Å². The van der Waals surface area contributed by atoms with E-state index in [-0.39, 0.29) is 11.8 Å². The summed E-state index contributed by atoms with van der Waals surface area (Å²) in [4.78, 5) is 13.7. The van der Waals surface area contributed by atoms with Crippen molar-refractivity contribution in [3.05, 3.63) is 21.8 Å². The lowest BCUT2D eigenvalue weighted by atomic mass is 10.1. The van der Waals surface area contributed by atoms with Crippen LogP contribution in [0.2, 0.25) is 0 Å². The SMILES string of the molecule is COc1ccc(I)c(N2CC(CN)CC2=O)c1. The Morgan fingerprint density at radius 3 is 2.94 bits per heavy atom. The van der Waals surface area contributed by atoms with Gasteiger partial charge < -0.3 is 15.4 Å². The van der Waals surface area contributed by atoms with Crippen molar-refractivity contribution < 1.29 is 9.53 Å². The number of rotatable bonds is 3. The van der Waals surface area contributed by atoms with Gasteiger partial charge in [-0.05, 0) is 47.2 Å². The lowest BCUT2D eigenvalue weighted by Crippen LogP contribution is -2.26. The summed E-state index contributed by atoms with van der Waals surface area (Å²) in [7, 11) is 1.63. The third kappa shape index (κ3) is 2.55. The highest BCUT2D eigenvalue weighted by Crippen LogP contribution is 2.31. The monoisotopic (exact) mass is 346 g/mol. The minimum atomic E-state index is 0.145. The van der Waals surface area contributed by atoms with Gasteiger partial charge in [0.05, 0.1) is 12.8 Å². The summed E-state index contributed by atoms with van der Waals surface area (Å²) in [5.74, 6) is 1.18. The highest BCUT2D eigenvalue weighted by molar-refractivity contribution is 14.1. The summed E-state index contributed by atoms with van der Waals surface area (Å²) in [6.45, 7) is 1.27. The zero-order chi connectivity index (χ0) is 12.4. The summed E-state index contributed by atoms with van der Waals surface area (Å²) in [6.07, 6.45) is 0.545. The summed E-state index contributed by atoms with van der Waals surface area (Å²) in [5, 5.41) is 0. The first-order chi connectivity index (χ1) is 8.15. The maximum atomic E-state index is 11.9. The van der Waals surface area contributed by atoms with Crippen LogP contribution in [0.25, 0.3) is 0 Å². The van der Waals surface area contributed by atoms with Crippen LogP contribution in [-0.4, -0.2) is 26.1 Å². The van der Waals surface area contributed by atoms with Gasteiger partial charge in [0.25, 0.3) is 0 Å². The van der Waals surface area contributed by atoms with Gasteiger partial charge in [-0.1, -0.05) is 0 Å². The number of anilines is 1. The van der Waals surface area contributed by atoms with Gasteiger partial charge in [0, 0.05) is 22.6 Å². The Morgan fingerprint density at radius 1 is 1.59 bits per heavy atom. The Morgan fingerprint density at radius 2 is 2.35 bits per heavy atom. The lowest BCUT2D eigenvalue weighted by Gasteiger charge is -2.19. The number of nitrogens with zero attached hydrogens (tertiary/aromatic N) is 1. The number of amides is 1. The standard InChI is InChI=1S/C12H15IN2O2/c1-17-9-2-3-10(13)11(5-9)15-7-8(6-14)4-12(15)16/h2-3,5,8H,4,6-7,14H2,1H3. The zero-order valence-corrected chi connectivity index (χ0v) is 11.8. The van der Waals surface area contributed by atoms with Crippen LogP contribution in [0, 0.1) is 9.49 Å². The molecule has 5 heteroatoms. The summed E-state index contributed by atoms with van der Waals surface area (Å²) in [5.41, 5.74) is 6.55. The van der Waals surface area contributed by atoms with E-state index in [0.29, 0.717) is 19.5 Å². The largest absolute Gasteiger partial charge is 0.497 e. The molecule has 17 heavy (non-hydrogen) atoms. The number of hydrogen-bond acceptors (Lipinski definition) is 3. The molecule has 2 N–H and O–H groups in total. The predicted molar refractivity (Wildman–Crippen MR) is 75.2 cm³/mol. The minimum Gasteiger partial charge on any atom is -0.497 e. The van der Waals surface area contributed by atoms with Gasteiger partial charge in [-0.25, -0.2) is 0 Å². The molecular weight excluding hydrogens is 331 g/mol. The van der Waals surface area contributed by atoms with E-state index in [1.54, 1.807) is 7.11 Å². The maximum absolute atomic E-state index is 11.9. The van der Waals surface area contributed by atoms with Crippen LogP contribution >= 0.6 is 22.6 Å². The number of hydrogen-bond donors (Lipinski definition) is 1. The van der Waals surface area contributed by atoms with Gasteiger partial charge in [0.2, 0.25) is 5.91 Å². The molecule has 1 heterocycles. The van der Waals surface area contributed by atoms with Crippen LogP contribution in [0.4, 0.5) is 5.69 Å². The number of halogens is 1. The lowest BCUT2D eigenvalue weighted by molar-refractivity contribution is -0.117. The Labute approximate surface area is 114 Å². The van der Waals surface area contributed by atoms with Crippen LogP contribution < -0.4 is 15.4 Å². The molecule has 4 nitrogen and oxygen atoms in total. The molecule has 0 aromatic heterocycles. The number of benzene rings is 1. The molecule has 1 amide bonds. The molecule has 92 valence electrons. The fraction of sp³-hybridized carbons (Fsp3) is 0.417. The third-order valence-electron chi connectivity index (χ3n) is 2.98. The molecule has 1 saturated heterocycles. The molecule has 1 unspecified atom stereocenters. The third-order valence-corrected chi connectivity index (χ3v) is 3.89. The molecule has 1 atom stereocenters. The van der Waals surface area contributed by atoms with Crippen molar-refractivity contribution in [3.8, 4) is 5.75 Å². The van der Waals surface area contributed by atoms with E-state index in [1.165, 1.54) is 0 Å². The van der Waals surface area contributed by atoms with Crippen LogP contribution in [0.5, 0.6) is 5.75 Å². The van der Waals surface area contributed by atoms with Crippen molar-refractivity contribution in [1.82, 2.24) is 0 Å². The van der Waals surface area contributed by atoms with E-state index in [0.717, 1.165) is 15.0 Å². The molecule has 0 saturated carbocycles. The first-order valence-electron chi connectivity index (χ1n) is 5.49. The number of carbonyl (C=O) groups excluding carboxylic acids is 1. The summed E-state index contributed by atoms with van der Waals surface area (Å²) < 4.78 is 6.24. The fourth-order valence-electron chi connectivity index (χ4n) is 2.00. The van der Waals surface area contributed by atoms with Crippen LogP contribution in [0.3, 0.4) is 0 Å². The molecule has 2 rings (SSSR count). The van der Waals surface area contributed by atoms with Gasteiger partial charge in [-0.2, -0.15) is 0 Å². The molecule has 0 aliphatic carbocycles. The average Bonchev–Trinajstić information content (AvgIpc) is 2.71. The number of nitrogens with two attached hydrogens (primary N) is 1. The smallest absolute Gasteiger partial charge is 0.227 e. The van der Waals surface area contributed by atoms with Gasteiger partial charge in [0.1, 0.15) is 5.75 Å². The zero-order valence-electron chi connectivity index (χ0n) is 9.65. The molecule has 0 spiro atoms. The van der Waals surface area contributed by atoms with E-state index in [1.807, 2.05) is 23.1 Å². The van der Waals surface area contributed by atoms with E-state index < -0.39 is 0 Å². The van der Waals surface area contributed by atoms with E-state index in [9.17, 15) is 4.79 Å². The fourth-order valence-corrected chi connectivity index (χ4v) is 2.63. The van der Waals surface area contributed by atoms with Gasteiger partial charge in [-0.3, -0.25) is 4.79 Å². The van der Waals surface area contributed by atoms with Gasteiger partial charge in [-0.15, -0.1) is 0 Å². The number of ether oxygens (including phenoxy) is 1. The molecule has 1 aliphatic heterocycles. The molecule has 0 radical (unpaired) electrons. The van der Waals surface area contributed by atoms with Crippen LogP contribution in [0.1, 0.15) is 6.42 Å². The molecule has 1 aliphatic rings. The van der Waals surface area contributed by atoms with E-state index in [4.69, 9.17) is 10.5 Å². The summed E-state index contributed by atoms with van der Waals surface area (Å²) >= 11 is 2.23. The molecule has 1 aromatic carbocycles. The van der Waals surface area contributed by atoms with Crippen molar-refractivity contribution in [2.24, 2.45) is 11.7 Å². The van der Waals surface area contributed by atoms with Crippen LogP contribution in [0.15, 0.2) is 18.2 Å². The second kappa shape index (κ2) is 5.22. The molecule has 1 aromatic rings. The minimum absolute atomic E-state index is 0.145. The van der Waals surface area contributed by atoms with Gasteiger partial charge in [0.15, 0.2) is 0 Å². The highest BCUT2D eigenvalue weighted by atomic mass is 127. The predicted octanol–water partition coefficient (Wildman–Crippen LogP) is 1.61. The average molecular weight is 346 g/mol. The maximum Gasteiger partial charge on any atom is 0.227 e. The number of carbonyl (C=O) groups is 1. The second-order valence-corrected chi connectivity index (χ2v) is 5.29. The van der Waals surface area contributed by atoms with Gasteiger partial charge >= 0.3 is 0 Å². The highest BCUT2D eigenvalue weighted by Gasteiger charge is 2.30. The second-order valence-electron chi connectivity index (χ2n) is 4.13. The first kappa shape index (κ1) is 12.6. The van der Waals surface area contributed by atoms with Crippen molar-refractivity contribution >= 4 is 34.2 Å². The number of methoxy groups -OCH3 is 1. The Kier molecular flexibility index (Phi) is 3.88. The normalized spacial score (nSPS) is 19.8. The van der Waals surface area contributed by atoms with Crippen molar-refractivity contribution in [2.45, 2.75) is 6.42 Å².